The van der Waals surface area contributed by atoms with E-state index in [1.807, 2.05) is 35.2 Å². The van der Waals surface area contributed by atoms with Crippen molar-refractivity contribution in [3.8, 4) is 5.75 Å². The van der Waals surface area contributed by atoms with Crippen molar-refractivity contribution in [1.82, 2.24) is 15.1 Å². The van der Waals surface area contributed by atoms with Gasteiger partial charge in [0, 0.05) is 52.0 Å². The van der Waals surface area contributed by atoms with Gasteiger partial charge in [0.05, 0.1) is 6.54 Å². The van der Waals surface area contributed by atoms with Gasteiger partial charge < -0.3 is 19.9 Å². The van der Waals surface area contributed by atoms with Gasteiger partial charge >= 0.3 is 0 Å². The number of carbonyl (C=O) groups is 1. The smallest absolute Gasteiger partial charge is 0.222 e. The van der Waals surface area contributed by atoms with Gasteiger partial charge in [-0.3, -0.25) is 4.79 Å². The van der Waals surface area contributed by atoms with Gasteiger partial charge in [-0.2, -0.15) is 0 Å². The lowest BCUT2D eigenvalue weighted by Crippen LogP contribution is -2.47. The summed E-state index contributed by atoms with van der Waals surface area (Å²) in [6.07, 6.45) is 3.91. The number of ether oxygens (including phenoxy) is 1. The van der Waals surface area contributed by atoms with Crippen LogP contribution in [0.3, 0.4) is 0 Å². The number of piperidine rings is 1. The molecule has 2 aromatic rings. The molecule has 1 N–H and O–H groups in total. The number of carbonyl (C=O) groups excluding carboxylic acids is 1. The quantitative estimate of drug-likeness (QED) is 0.532. The maximum absolute atomic E-state index is 11.8. The fraction of sp³-hybridized carbons (Fsp3) is 0.462. The summed E-state index contributed by atoms with van der Waals surface area (Å²) in [6, 6.07) is 18.6. The van der Waals surface area contributed by atoms with E-state index in [0.29, 0.717) is 19.5 Å². The SMILES string of the molecule is CCNC(=NCc1ccc(CN2CCCC2=O)cc1)N1CCC(Oc2ccccc2)CC1. The van der Waals surface area contributed by atoms with Gasteiger partial charge in [0.1, 0.15) is 11.9 Å². The molecule has 0 aromatic heterocycles. The van der Waals surface area contributed by atoms with Crippen molar-refractivity contribution in [3.05, 3.63) is 65.7 Å². The Morgan fingerprint density at radius 1 is 1.03 bits per heavy atom. The molecule has 0 aliphatic carbocycles. The summed E-state index contributed by atoms with van der Waals surface area (Å²) in [5.41, 5.74) is 2.36. The molecular weight excluding hydrogens is 400 g/mol. The second-order valence-electron chi connectivity index (χ2n) is 8.52. The average Bonchev–Trinajstić information content (AvgIpc) is 3.23. The molecule has 6 heteroatoms. The maximum Gasteiger partial charge on any atom is 0.222 e. The molecule has 4 rings (SSSR count). The van der Waals surface area contributed by atoms with Crippen LogP contribution >= 0.6 is 0 Å². The van der Waals surface area contributed by atoms with E-state index in [0.717, 1.165) is 57.2 Å². The van der Waals surface area contributed by atoms with E-state index in [1.54, 1.807) is 0 Å². The molecule has 2 heterocycles. The van der Waals surface area contributed by atoms with Crippen LogP contribution in [0.2, 0.25) is 0 Å². The van der Waals surface area contributed by atoms with E-state index in [-0.39, 0.29) is 12.0 Å². The number of hydrogen-bond acceptors (Lipinski definition) is 3. The molecule has 0 bridgehead atoms. The molecule has 0 saturated carbocycles. The Hall–Kier alpha value is -3.02. The van der Waals surface area contributed by atoms with Crippen LogP contribution in [0, 0.1) is 0 Å². The van der Waals surface area contributed by atoms with Crippen LogP contribution in [0.1, 0.15) is 43.7 Å². The highest BCUT2D eigenvalue weighted by atomic mass is 16.5. The predicted octanol–water partition coefficient (Wildman–Crippen LogP) is 3.82. The van der Waals surface area contributed by atoms with Crippen LogP contribution < -0.4 is 10.1 Å². The number of hydrogen-bond donors (Lipinski definition) is 1. The highest BCUT2D eigenvalue weighted by molar-refractivity contribution is 5.80. The molecular formula is C26H34N4O2. The minimum absolute atomic E-state index is 0.256. The number of nitrogens with one attached hydrogen (secondary N) is 1. The largest absolute Gasteiger partial charge is 0.490 e. The first kappa shape index (κ1) is 22.2. The molecule has 6 nitrogen and oxygen atoms in total. The summed E-state index contributed by atoms with van der Waals surface area (Å²) in [7, 11) is 0. The minimum Gasteiger partial charge on any atom is -0.490 e. The van der Waals surface area contributed by atoms with Gasteiger partial charge in [-0.25, -0.2) is 4.99 Å². The fourth-order valence-corrected chi connectivity index (χ4v) is 4.31. The lowest BCUT2D eigenvalue weighted by Gasteiger charge is -2.34. The molecule has 0 unspecified atom stereocenters. The normalized spacial score (nSPS) is 17.7. The number of rotatable bonds is 7. The monoisotopic (exact) mass is 434 g/mol. The Bertz CT molecular complexity index is 890. The zero-order valence-corrected chi connectivity index (χ0v) is 19.0. The number of benzene rings is 2. The van der Waals surface area contributed by atoms with E-state index in [2.05, 4.69) is 41.4 Å². The van der Waals surface area contributed by atoms with Crippen molar-refractivity contribution < 1.29 is 9.53 Å². The molecule has 2 saturated heterocycles. The van der Waals surface area contributed by atoms with Crippen molar-refractivity contribution in [2.45, 2.75) is 51.8 Å². The van der Waals surface area contributed by atoms with E-state index < -0.39 is 0 Å². The summed E-state index contributed by atoms with van der Waals surface area (Å²) < 4.78 is 6.13. The molecule has 2 aliphatic heterocycles. The molecule has 2 fully saturated rings. The fourth-order valence-electron chi connectivity index (χ4n) is 4.31. The zero-order valence-electron chi connectivity index (χ0n) is 19.0. The summed E-state index contributed by atoms with van der Waals surface area (Å²) in [4.78, 5) is 21.0. The van der Waals surface area contributed by atoms with Crippen LogP contribution in [0.4, 0.5) is 0 Å². The number of aliphatic imine (C=N–C) groups is 1. The summed E-state index contributed by atoms with van der Waals surface area (Å²) >= 11 is 0. The Balaban J connectivity index is 1.29. The Morgan fingerprint density at radius 3 is 2.41 bits per heavy atom. The third-order valence-corrected chi connectivity index (χ3v) is 6.10. The van der Waals surface area contributed by atoms with Crippen LogP contribution in [0.25, 0.3) is 0 Å². The van der Waals surface area contributed by atoms with E-state index in [4.69, 9.17) is 9.73 Å². The highest BCUT2D eigenvalue weighted by Gasteiger charge is 2.23. The van der Waals surface area contributed by atoms with Crippen LogP contribution in [0.5, 0.6) is 5.75 Å². The molecule has 170 valence electrons. The van der Waals surface area contributed by atoms with E-state index in [9.17, 15) is 4.79 Å². The van der Waals surface area contributed by atoms with Crippen molar-refractivity contribution in [3.63, 3.8) is 0 Å². The van der Waals surface area contributed by atoms with Gasteiger partial charge in [-0.05, 0) is 36.6 Å². The topological polar surface area (TPSA) is 57.2 Å². The van der Waals surface area contributed by atoms with Gasteiger partial charge in [-0.15, -0.1) is 0 Å². The number of amides is 1. The second-order valence-corrected chi connectivity index (χ2v) is 8.52. The zero-order chi connectivity index (χ0) is 22.2. The third kappa shape index (κ3) is 6.02. The Labute approximate surface area is 191 Å². The molecule has 2 aromatic carbocycles. The lowest BCUT2D eigenvalue weighted by molar-refractivity contribution is -0.128. The number of likely N-dealkylation sites (tertiary alicyclic amines) is 2. The van der Waals surface area contributed by atoms with Crippen molar-refractivity contribution >= 4 is 11.9 Å². The maximum atomic E-state index is 11.8. The van der Waals surface area contributed by atoms with Crippen LogP contribution in [0.15, 0.2) is 59.6 Å². The van der Waals surface area contributed by atoms with Crippen LogP contribution in [-0.4, -0.2) is 53.9 Å². The summed E-state index contributed by atoms with van der Waals surface area (Å²) in [6.45, 7) is 7.07. The number of guanidine groups is 1. The third-order valence-electron chi connectivity index (χ3n) is 6.10. The highest BCUT2D eigenvalue weighted by Crippen LogP contribution is 2.19. The molecule has 1 amide bonds. The number of para-hydroxylation sites is 1. The van der Waals surface area contributed by atoms with Gasteiger partial charge in [0.25, 0.3) is 0 Å². The lowest BCUT2D eigenvalue weighted by atomic mass is 10.1. The first-order valence-electron chi connectivity index (χ1n) is 11.8. The second kappa shape index (κ2) is 11.0. The van der Waals surface area contributed by atoms with E-state index >= 15 is 0 Å². The molecule has 0 atom stereocenters. The summed E-state index contributed by atoms with van der Waals surface area (Å²) in [5.74, 6) is 2.19. The molecule has 0 radical (unpaired) electrons. The first-order chi connectivity index (χ1) is 15.7. The Morgan fingerprint density at radius 2 is 1.75 bits per heavy atom. The predicted molar refractivity (Wildman–Crippen MR) is 128 cm³/mol. The van der Waals surface area contributed by atoms with Crippen molar-refractivity contribution in [2.24, 2.45) is 4.99 Å². The molecule has 2 aliphatic rings. The van der Waals surface area contributed by atoms with Crippen molar-refractivity contribution in [2.75, 3.05) is 26.2 Å². The minimum atomic E-state index is 0.256. The Kier molecular flexibility index (Phi) is 7.64. The summed E-state index contributed by atoms with van der Waals surface area (Å²) in [5, 5.41) is 3.44. The van der Waals surface area contributed by atoms with Crippen molar-refractivity contribution in [1.29, 1.82) is 0 Å². The standard InChI is InChI=1S/C26H34N4O2/c1-2-27-26(29-17-14-24(15-18-29)32-23-7-4-3-5-8-23)28-19-21-10-12-22(13-11-21)20-30-16-6-9-25(30)31/h3-5,7-8,10-13,24H,2,6,9,14-20H2,1H3,(H,27,28). The van der Waals surface area contributed by atoms with Gasteiger partial charge in [0.15, 0.2) is 5.96 Å². The average molecular weight is 435 g/mol. The number of nitrogens with zero attached hydrogens (tertiary/aromatic N) is 3. The van der Waals surface area contributed by atoms with Gasteiger partial charge in [-0.1, -0.05) is 42.5 Å². The molecule has 32 heavy (non-hydrogen) atoms. The molecule has 0 spiro atoms. The van der Waals surface area contributed by atoms with Gasteiger partial charge in [0.2, 0.25) is 5.91 Å². The van der Waals surface area contributed by atoms with E-state index in [1.165, 1.54) is 11.1 Å². The first-order valence-corrected chi connectivity index (χ1v) is 11.8. The van der Waals surface area contributed by atoms with Crippen LogP contribution in [-0.2, 0) is 17.9 Å².